The second kappa shape index (κ2) is 4.78. The van der Waals surface area contributed by atoms with Crippen LogP contribution >= 0.6 is 0 Å². The van der Waals surface area contributed by atoms with Gasteiger partial charge in [-0.3, -0.25) is 0 Å². The van der Waals surface area contributed by atoms with E-state index in [1.54, 1.807) is 6.07 Å². The SMILES string of the molecule is C[C@@H](O)C1CCN(c2ccc(F)cn2)CC1. The number of aromatic nitrogens is 1. The number of piperidine rings is 1. The summed E-state index contributed by atoms with van der Waals surface area (Å²) in [6, 6.07) is 3.14. The lowest BCUT2D eigenvalue weighted by Gasteiger charge is -2.33. The molecule has 1 N–H and O–H groups in total. The van der Waals surface area contributed by atoms with Gasteiger partial charge in [-0.15, -0.1) is 0 Å². The van der Waals surface area contributed by atoms with E-state index < -0.39 is 0 Å². The first-order chi connectivity index (χ1) is 7.66. The maximum atomic E-state index is 12.7. The summed E-state index contributed by atoms with van der Waals surface area (Å²) in [6.45, 7) is 3.61. The van der Waals surface area contributed by atoms with Crippen molar-refractivity contribution in [3.8, 4) is 0 Å². The van der Waals surface area contributed by atoms with Gasteiger partial charge in [-0.25, -0.2) is 9.37 Å². The quantitative estimate of drug-likeness (QED) is 0.832. The fourth-order valence-electron chi connectivity index (χ4n) is 2.17. The van der Waals surface area contributed by atoms with E-state index in [0.29, 0.717) is 5.92 Å². The Balaban J connectivity index is 1.96. The summed E-state index contributed by atoms with van der Waals surface area (Å²) in [6.07, 6.45) is 2.95. The average molecular weight is 224 g/mol. The van der Waals surface area contributed by atoms with E-state index in [2.05, 4.69) is 9.88 Å². The number of hydrogen-bond acceptors (Lipinski definition) is 3. The molecular formula is C12H17FN2O. The molecule has 0 saturated carbocycles. The summed E-state index contributed by atoms with van der Waals surface area (Å²) >= 11 is 0. The minimum Gasteiger partial charge on any atom is -0.393 e. The Labute approximate surface area is 94.9 Å². The van der Waals surface area contributed by atoms with Crippen LogP contribution in [0.15, 0.2) is 18.3 Å². The highest BCUT2D eigenvalue weighted by molar-refractivity contribution is 5.38. The lowest BCUT2D eigenvalue weighted by Crippen LogP contribution is -2.37. The van der Waals surface area contributed by atoms with Crippen molar-refractivity contribution in [2.75, 3.05) is 18.0 Å². The van der Waals surface area contributed by atoms with E-state index in [0.717, 1.165) is 31.7 Å². The Morgan fingerprint density at radius 3 is 2.62 bits per heavy atom. The molecule has 0 aromatic carbocycles. The number of rotatable bonds is 2. The van der Waals surface area contributed by atoms with Crippen LogP contribution in [0.3, 0.4) is 0 Å². The third kappa shape index (κ3) is 2.50. The molecule has 1 saturated heterocycles. The minimum atomic E-state index is -0.303. The number of pyridine rings is 1. The van der Waals surface area contributed by atoms with Crippen molar-refractivity contribution in [1.29, 1.82) is 0 Å². The van der Waals surface area contributed by atoms with Crippen LogP contribution in [-0.2, 0) is 0 Å². The highest BCUT2D eigenvalue weighted by atomic mass is 19.1. The highest BCUT2D eigenvalue weighted by Crippen LogP contribution is 2.23. The molecule has 0 spiro atoms. The molecule has 0 unspecified atom stereocenters. The third-order valence-electron chi connectivity index (χ3n) is 3.26. The van der Waals surface area contributed by atoms with Crippen molar-refractivity contribution in [3.05, 3.63) is 24.1 Å². The van der Waals surface area contributed by atoms with Crippen LogP contribution in [-0.4, -0.2) is 29.3 Å². The Morgan fingerprint density at radius 2 is 2.12 bits per heavy atom. The van der Waals surface area contributed by atoms with Crippen molar-refractivity contribution < 1.29 is 9.50 Å². The lowest BCUT2D eigenvalue weighted by atomic mass is 9.92. The highest BCUT2D eigenvalue weighted by Gasteiger charge is 2.23. The first-order valence-electron chi connectivity index (χ1n) is 5.71. The second-order valence-corrected chi connectivity index (χ2v) is 4.40. The standard InChI is InChI=1S/C12H17FN2O/c1-9(16)10-4-6-15(7-5-10)12-3-2-11(13)8-14-12/h2-3,8-10,16H,4-7H2,1H3/t9-/m1/s1. The Bertz CT molecular complexity index is 331. The van der Waals surface area contributed by atoms with Crippen molar-refractivity contribution in [1.82, 2.24) is 4.98 Å². The van der Waals surface area contributed by atoms with Gasteiger partial charge in [0.15, 0.2) is 0 Å². The summed E-state index contributed by atoms with van der Waals surface area (Å²) in [5, 5.41) is 9.49. The summed E-state index contributed by atoms with van der Waals surface area (Å²) in [5.41, 5.74) is 0. The summed E-state index contributed by atoms with van der Waals surface area (Å²) in [5.74, 6) is 0.907. The topological polar surface area (TPSA) is 36.4 Å². The Hall–Kier alpha value is -1.16. The van der Waals surface area contributed by atoms with Crippen LogP contribution in [0.25, 0.3) is 0 Å². The number of anilines is 1. The molecule has 0 bridgehead atoms. The zero-order chi connectivity index (χ0) is 11.5. The van der Waals surface area contributed by atoms with E-state index in [1.165, 1.54) is 12.3 Å². The first-order valence-corrected chi connectivity index (χ1v) is 5.71. The van der Waals surface area contributed by atoms with E-state index in [4.69, 9.17) is 0 Å². The molecule has 2 heterocycles. The molecule has 88 valence electrons. The maximum Gasteiger partial charge on any atom is 0.141 e. The van der Waals surface area contributed by atoms with E-state index in [1.807, 2.05) is 6.92 Å². The predicted octanol–water partition coefficient (Wildman–Crippen LogP) is 1.82. The van der Waals surface area contributed by atoms with E-state index in [9.17, 15) is 9.50 Å². The largest absolute Gasteiger partial charge is 0.393 e. The molecule has 0 aliphatic carbocycles. The van der Waals surface area contributed by atoms with Crippen molar-refractivity contribution in [2.24, 2.45) is 5.92 Å². The molecule has 1 aromatic rings. The smallest absolute Gasteiger partial charge is 0.141 e. The van der Waals surface area contributed by atoms with Crippen LogP contribution in [0, 0.1) is 11.7 Å². The second-order valence-electron chi connectivity index (χ2n) is 4.40. The molecular weight excluding hydrogens is 207 g/mol. The fourth-order valence-corrected chi connectivity index (χ4v) is 2.17. The predicted molar refractivity (Wildman–Crippen MR) is 60.8 cm³/mol. The minimum absolute atomic E-state index is 0.233. The van der Waals surface area contributed by atoms with Crippen LogP contribution in [0.1, 0.15) is 19.8 Å². The summed E-state index contributed by atoms with van der Waals surface area (Å²) < 4.78 is 12.7. The summed E-state index contributed by atoms with van der Waals surface area (Å²) in [4.78, 5) is 6.20. The fraction of sp³-hybridized carbons (Fsp3) is 0.583. The number of halogens is 1. The van der Waals surface area contributed by atoms with E-state index >= 15 is 0 Å². The van der Waals surface area contributed by atoms with Crippen molar-refractivity contribution >= 4 is 5.82 Å². The zero-order valence-corrected chi connectivity index (χ0v) is 9.43. The van der Waals surface area contributed by atoms with Gasteiger partial charge in [-0.1, -0.05) is 0 Å². The van der Waals surface area contributed by atoms with Crippen LogP contribution in [0.5, 0.6) is 0 Å². The van der Waals surface area contributed by atoms with Gasteiger partial charge < -0.3 is 10.0 Å². The molecule has 1 aliphatic rings. The lowest BCUT2D eigenvalue weighted by molar-refractivity contribution is 0.110. The van der Waals surface area contributed by atoms with E-state index in [-0.39, 0.29) is 11.9 Å². The number of aliphatic hydroxyl groups is 1. The van der Waals surface area contributed by atoms with Gasteiger partial charge in [0, 0.05) is 13.1 Å². The van der Waals surface area contributed by atoms with Gasteiger partial charge in [-0.2, -0.15) is 0 Å². The summed E-state index contributed by atoms with van der Waals surface area (Å²) in [7, 11) is 0. The van der Waals surface area contributed by atoms with Gasteiger partial charge in [0.1, 0.15) is 11.6 Å². The molecule has 4 heteroatoms. The number of nitrogens with zero attached hydrogens (tertiary/aromatic N) is 2. The van der Waals surface area contributed by atoms with Crippen LogP contribution in [0.2, 0.25) is 0 Å². The molecule has 1 atom stereocenters. The third-order valence-corrected chi connectivity index (χ3v) is 3.26. The molecule has 1 fully saturated rings. The molecule has 1 aromatic heterocycles. The maximum absolute atomic E-state index is 12.7. The zero-order valence-electron chi connectivity index (χ0n) is 9.43. The van der Waals surface area contributed by atoms with Gasteiger partial charge in [0.05, 0.1) is 12.3 Å². The molecule has 0 amide bonds. The van der Waals surface area contributed by atoms with Gasteiger partial charge in [0.2, 0.25) is 0 Å². The van der Waals surface area contributed by atoms with Gasteiger partial charge in [-0.05, 0) is 37.8 Å². The van der Waals surface area contributed by atoms with Crippen LogP contribution in [0.4, 0.5) is 10.2 Å². The average Bonchev–Trinajstić information content (AvgIpc) is 2.30. The van der Waals surface area contributed by atoms with Crippen molar-refractivity contribution in [3.63, 3.8) is 0 Å². The number of hydrogen-bond donors (Lipinski definition) is 1. The number of aliphatic hydroxyl groups excluding tert-OH is 1. The first kappa shape index (κ1) is 11.3. The van der Waals surface area contributed by atoms with Crippen molar-refractivity contribution in [2.45, 2.75) is 25.9 Å². The van der Waals surface area contributed by atoms with Gasteiger partial charge >= 0.3 is 0 Å². The van der Waals surface area contributed by atoms with Gasteiger partial charge in [0.25, 0.3) is 0 Å². The normalized spacial score (nSPS) is 19.8. The monoisotopic (exact) mass is 224 g/mol. The molecule has 3 nitrogen and oxygen atoms in total. The molecule has 1 aliphatic heterocycles. The molecule has 0 radical (unpaired) electrons. The Kier molecular flexibility index (Phi) is 3.39. The van der Waals surface area contributed by atoms with Crippen LogP contribution < -0.4 is 4.90 Å². The Morgan fingerprint density at radius 1 is 1.44 bits per heavy atom. The molecule has 16 heavy (non-hydrogen) atoms. The molecule has 2 rings (SSSR count).